The van der Waals surface area contributed by atoms with Crippen molar-refractivity contribution in [3.63, 3.8) is 0 Å². The number of ether oxygens (including phenoxy) is 1. The van der Waals surface area contributed by atoms with Gasteiger partial charge in [0.2, 0.25) is 5.91 Å². The molecule has 1 amide bonds. The molecule has 166 valence electrons. The molecule has 1 aliphatic carbocycles. The SMILES string of the molecule is CCCCOc1ccc(C2CC=CCC2NC(C)=O)c(-c2cccc(C(F)(F)F)c2)c1. The van der Waals surface area contributed by atoms with Crippen molar-refractivity contribution >= 4 is 5.91 Å². The molecule has 0 radical (unpaired) electrons. The van der Waals surface area contributed by atoms with Gasteiger partial charge < -0.3 is 10.1 Å². The number of carbonyl (C=O) groups is 1. The number of hydrogen-bond donors (Lipinski definition) is 1. The molecule has 0 fully saturated rings. The molecule has 2 unspecified atom stereocenters. The molecule has 0 aliphatic heterocycles. The van der Waals surface area contributed by atoms with Crippen LogP contribution in [0.5, 0.6) is 5.75 Å². The molecule has 6 heteroatoms. The maximum absolute atomic E-state index is 13.3. The van der Waals surface area contributed by atoms with E-state index in [1.807, 2.05) is 24.3 Å². The Morgan fingerprint density at radius 1 is 1.13 bits per heavy atom. The van der Waals surface area contributed by atoms with Gasteiger partial charge >= 0.3 is 6.18 Å². The first-order valence-corrected chi connectivity index (χ1v) is 10.7. The number of hydrogen-bond acceptors (Lipinski definition) is 2. The van der Waals surface area contributed by atoms with Crippen LogP contribution >= 0.6 is 0 Å². The number of nitrogens with one attached hydrogen (secondary N) is 1. The van der Waals surface area contributed by atoms with Crippen molar-refractivity contribution in [3.05, 3.63) is 65.7 Å². The summed E-state index contributed by atoms with van der Waals surface area (Å²) in [6.07, 6.45) is 2.95. The van der Waals surface area contributed by atoms with Gasteiger partial charge in [0, 0.05) is 18.9 Å². The summed E-state index contributed by atoms with van der Waals surface area (Å²) in [6.45, 7) is 4.10. The van der Waals surface area contributed by atoms with Crippen molar-refractivity contribution in [2.45, 2.75) is 57.7 Å². The third-order valence-corrected chi connectivity index (χ3v) is 5.51. The fourth-order valence-corrected chi connectivity index (χ4v) is 3.97. The molecule has 1 N–H and O–H groups in total. The third-order valence-electron chi connectivity index (χ3n) is 5.51. The van der Waals surface area contributed by atoms with E-state index in [1.54, 1.807) is 6.07 Å². The second kappa shape index (κ2) is 10.0. The second-order valence-corrected chi connectivity index (χ2v) is 7.89. The average molecular weight is 431 g/mol. The van der Waals surface area contributed by atoms with E-state index < -0.39 is 11.7 Å². The summed E-state index contributed by atoms with van der Waals surface area (Å²) >= 11 is 0. The van der Waals surface area contributed by atoms with Crippen LogP contribution in [0.15, 0.2) is 54.6 Å². The Labute approximate surface area is 181 Å². The number of alkyl halides is 3. The van der Waals surface area contributed by atoms with Gasteiger partial charge in [-0.15, -0.1) is 0 Å². The maximum Gasteiger partial charge on any atom is 0.416 e. The molecule has 2 atom stereocenters. The van der Waals surface area contributed by atoms with Gasteiger partial charge in [-0.2, -0.15) is 13.2 Å². The molecule has 2 aromatic rings. The monoisotopic (exact) mass is 431 g/mol. The number of rotatable bonds is 7. The lowest BCUT2D eigenvalue weighted by molar-refractivity contribution is -0.137. The molecule has 0 heterocycles. The predicted octanol–water partition coefficient (Wildman–Crippen LogP) is 6.49. The van der Waals surface area contributed by atoms with Gasteiger partial charge in [-0.25, -0.2) is 0 Å². The molecule has 1 aliphatic rings. The summed E-state index contributed by atoms with van der Waals surface area (Å²) < 4.78 is 45.9. The Bertz CT molecular complexity index is 937. The predicted molar refractivity (Wildman–Crippen MR) is 116 cm³/mol. The van der Waals surface area contributed by atoms with E-state index in [0.717, 1.165) is 24.5 Å². The highest BCUT2D eigenvalue weighted by Crippen LogP contribution is 2.40. The summed E-state index contributed by atoms with van der Waals surface area (Å²) in [5.74, 6) is 0.473. The van der Waals surface area contributed by atoms with E-state index in [1.165, 1.54) is 19.1 Å². The number of halogens is 3. The molecule has 0 saturated carbocycles. The molecule has 2 aromatic carbocycles. The first kappa shape index (κ1) is 22.9. The van der Waals surface area contributed by atoms with Gasteiger partial charge in [-0.05, 0) is 60.2 Å². The average Bonchev–Trinajstić information content (AvgIpc) is 2.73. The summed E-state index contributed by atoms with van der Waals surface area (Å²) in [5.41, 5.74) is 1.41. The fourth-order valence-electron chi connectivity index (χ4n) is 3.97. The third kappa shape index (κ3) is 5.90. The molecule has 31 heavy (non-hydrogen) atoms. The quantitative estimate of drug-likeness (QED) is 0.402. The smallest absolute Gasteiger partial charge is 0.416 e. The summed E-state index contributed by atoms with van der Waals surface area (Å²) in [7, 11) is 0. The molecule has 0 bridgehead atoms. The molecule has 0 saturated heterocycles. The van der Waals surface area contributed by atoms with E-state index in [-0.39, 0.29) is 17.9 Å². The van der Waals surface area contributed by atoms with Crippen molar-refractivity contribution in [2.75, 3.05) is 6.61 Å². The standard InChI is InChI=1S/C25H28F3NO2/c1-3-4-14-31-20-12-13-21(22-10-5-6-11-24(22)29-17(2)30)23(16-20)18-8-7-9-19(15-18)25(26,27)28/h5-9,12-13,15-16,22,24H,3-4,10-11,14H2,1-2H3,(H,29,30). The van der Waals surface area contributed by atoms with Crippen molar-refractivity contribution in [2.24, 2.45) is 0 Å². The fraction of sp³-hybridized carbons (Fsp3) is 0.400. The van der Waals surface area contributed by atoms with Crippen molar-refractivity contribution in [1.82, 2.24) is 5.32 Å². The Balaban J connectivity index is 2.06. The second-order valence-electron chi connectivity index (χ2n) is 7.89. The van der Waals surface area contributed by atoms with E-state index in [2.05, 4.69) is 18.3 Å². The van der Waals surface area contributed by atoms with Gasteiger partial charge in [-0.1, -0.05) is 43.7 Å². The zero-order valence-electron chi connectivity index (χ0n) is 17.8. The van der Waals surface area contributed by atoms with Crippen LogP contribution in [0.3, 0.4) is 0 Å². The minimum Gasteiger partial charge on any atom is -0.494 e. The topological polar surface area (TPSA) is 38.3 Å². The van der Waals surface area contributed by atoms with Gasteiger partial charge in [0.1, 0.15) is 5.75 Å². The number of amides is 1. The van der Waals surface area contributed by atoms with Crippen LogP contribution in [-0.2, 0) is 11.0 Å². The lowest BCUT2D eigenvalue weighted by Gasteiger charge is -2.31. The highest BCUT2D eigenvalue weighted by atomic mass is 19.4. The largest absolute Gasteiger partial charge is 0.494 e. The van der Waals surface area contributed by atoms with Crippen LogP contribution in [0.1, 0.15) is 56.6 Å². The van der Waals surface area contributed by atoms with Crippen molar-refractivity contribution in [1.29, 1.82) is 0 Å². The Morgan fingerprint density at radius 2 is 1.90 bits per heavy atom. The highest BCUT2D eigenvalue weighted by molar-refractivity contribution is 5.74. The lowest BCUT2D eigenvalue weighted by Crippen LogP contribution is -2.38. The molecule has 3 nitrogen and oxygen atoms in total. The van der Waals surface area contributed by atoms with Crippen LogP contribution in [0.2, 0.25) is 0 Å². The van der Waals surface area contributed by atoms with Crippen LogP contribution in [0.25, 0.3) is 11.1 Å². The first-order valence-electron chi connectivity index (χ1n) is 10.7. The Hall–Kier alpha value is -2.76. The number of unbranched alkanes of at least 4 members (excludes halogenated alkanes) is 1. The van der Waals surface area contributed by atoms with Gasteiger partial charge in [0.25, 0.3) is 0 Å². The molecule has 0 aromatic heterocycles. The first-order chi connectivity index (χ1) is 14.8. The minimum atomic E-state index is -4.42. The zero-order chi connectivity index (χ0) is 22.4. The summed E-state index contributed by atoms with van der Waals surface area (Å²) in [4.78, 5) is 11.7. The Kier molecular flexibility index (Phi) is 7.42. The van der Waals surface area contributed by atoms with Gasteiger partial charge in [-0.3, -0.25) is 4.79 Å². The number of carbonyl (C=O) groups excluding carboxylic acids is 1. The Morgan fingerprint density at radius 3 is 2.61 bits per heavy atom. The minimum absolute atomic E-state index is 0.0388. The zero-order valence-corrected chi connectivity index (χ0v) is 17.8. The summed E-state index contributed by atoms with van der Waals surface area (Å²) in [6, 6.07) is 10.9. The lowest BCUT2D eigenvalue weighted by atomic mass is 9.80. The highest BCUT2D eigenvalue weighted by Gasteiger charge is 2.31. The van der Waals surface area contributed by atoms with Crippen molar-refractivity contribution in [3.8, 4) is 16.9 Å². The van der Waals surface area contributed by atoms with E-state index in [4.69, 9.17) is 4.74 Å². The van der Waals surface area contributed by atoms with Crippen molar-refractivity contribution < 1.29 is 22.7 Å². The van der Waals surface area contributed by atoms with Crippen LogP contribution in [0.4, 0.5) is 13.2 Å². The van der Waals surface area contributed by atoms with Crippen LogP contribution in [0, 0.1) is 0 Å². The summed E-state index contributed by atoms with van der Waals surface area (Å²) in [5, 5.41) is 3.00. The van der Waals surface area contributed by atoms with Gasteiger partial charge in [0.15, 0.2) is 0 Å². The van der Waals surface area contributed by atoms with E-state index in [9.17, 15) is 18.0 Å². The van der Waals surface area contributed by atoms with Crippen LogP contribution < -0.4 is 10.1 Å². The normalized spacial score (nSPS) is 18.6. The van der Waals surface area contributed by atoms with Gasteiger partial charge in [0.05, 0.1) is 12.2 Å². The van der Waals surface area contributed by atoms with E-state index in [0.29, 0.717) is 36.3 Å². The van der Waals surface area contributed by atoms with E-state index >= 15 is 0 Å². The molecular weight excluding hydrogens is 403 g/mol. The molecular formula is C25H28F3NO2. The van der Waals surface area contributed by atoms with Crippen LogP contribution in [-0.4, -0.2) is 18.6 Å². The molecule has 0 spiro atoms. The maximum atomic E-state index is 13.3. The molecule has 3 rings (SSSR count). The number of allylic oxidation sites excluding steroid dienone is 1. The number of benzene rings is 2.